The summed E-state index contributed by atoms with van der Waals surface area (Å²) >= 11 is 3.26. The number of aromatic nitrogens is 2. The van der Waals surface area contributed by atoms with Gasteiger partial charge in [0.25, 0.3) is 0 Å². The number of hydrogen-bond acceptors (Lipinski definition) is 4. The van der Waals surface area contributed by atoms with Crippen LogP contribution in [0.4, 0.5) is 5.69 Å². The molecule has 0 unspecified atom stereocenters. The third kappa shape index (κ3) is 3.79. The van der Waals surface area contributed by atoms with Gasteiger partial charge >= 0.3 is 0 Å². The van der Waals surface area contributed by atoms with Gasteiger partial charge in [0, 0.05) is 17.2 Å². The second-order valence-corrected chi connectivity index (χ2v) is 6.57. The minimum absolute atomic E-state index is 0.232. The van der Waals surface area contributed by atoms with Crippen LogP contribution < -0.4 is 10.5 Å². The molecule has 0 aliphatic heterocycles. The van der Waals surface area contributed by atoms with Crippen molar-refractivity contribution >= 4 is 31.6 Å². The Kier molecular flexibility index (Phi) is 4.23. The number of halogens is 1. The van der Waals surface area contributed by atoms with Gasteiger partial charge in [0.1, 0.15) is 0 Å². The number of benzene rings is 1. The molecule has 0 atom stereocenters. The number of nitrogen functional groups attached to an aromatic ring is 1. The van der Waals surface area contributed by atoms with Gasteiger partial charge in [-0.15, -0.1) is 0 Å². The lowest BCUT2D eigenvalue weighted by Gasteiger charge is -2.06. The van der Waals surface area contributed by atoms with E-state index in [4.69, 9.17) is 5.73 Å². The maximum Gasteiger partial charge on any atom is 0.240 e. The van der Waals surface area contributed by atoms with Crippen molar-refractivity contribution in [3.8, 4) is 0 Å². The van der Waals surface area contributed by atoms with E-state index >= 15 is 0 Å². The molecule has 1 aromatic carbocycles. The summed E-state index contributed by atoms with van der Waals surface area (Å²) in [5.41, 5.74) is 6.07. The second-order valence-electron chi connectivity index (χ2n) is 3.89. The number of anilines is 1. The smallest absolute Gasteiger partial charge is 0.240 e. The minimum atomic E-state index is -3.48. The molecule has 0 aliphatic carbocycles. The highest BCUT2D eigenvalue weighted by Crippen LogP contribution is 2.14. The van der Waals surface area contributed by atoms with E-state index in [0.717, 1.165) is 4.47 Å². The fraction of sp³-hybridized carbons (Fsp3) is 0.182. The molecule has 2 rings (SSSR count). The number of sulfonamides is 1. The quantitative estimate of drug-likeness (QED) is 0.852. The molecule has 0 aliphatic rings. The standard InChI is InChI=1S/C11H13BrN4O2S/c12-9-1-3-11(4-2-9)19(17,18)15-5-6-16-8-10(13)7-14-16/h1-4,7-8,15H,5-6,13H2. The van der Waals surface area contributed by atoms with Crippen molar-refractivity contribution in [3.05, 3.63) is 41.1 Å². The minimum Gasteiger partial charge on any atom is -0.396 e. The van der Waals surface area contributed by atoms with Gasteiger partial charge in [-0.3, -0.25) is 4.68 Å². The fourth-order valence-corrected chi connectivity index (χ4v) is 2.78. The number of rotatable bonds is 5. The molecule has 1 heterocycles. The fourth-order valence-electron chi connectivity index (χ4n) is 1.49. The lowest BCUT2D eigenvalue weighted by atomic mass is 10.4. The Morgan fingerprint density at radius 2 is 2.00 bits per heavy atom. The van der Waals surface area contributed by atoms with Gasteiger partial charge in [0.05, 0.1) is 23.3 Å². The maximum absolute atomic E-state index is 12.0. The zero-order chi connectivity index (χ0) is 13.9. The first-order valence-electron chi connectivity index (χ1n) is 5.50. The van der Waals surface area contributed by atoms with E-state index in [1.807, 2.05) is 0 Å². The Morgan fingerprint density at radius 3 is 2.58 bits per heavy atom. The van der Waals surface area contributed by atoms with E-state index in [0.29, 0.717) is 12.2 Å². The lowest BCUT2D eigenvalue weighted by Crippen LogP contribution is -2.27. The molecule has 0 spiro atoms. The van der Waals surface area contributed by atoms with E-state index in [9.17, 15) is 8.42 Å². The van der Waals surface area contributed by atoms with Crippen molar-refractivity contribution < 1.29 is 8.42 Å². The molecule has 1 aromatic heterocycles. The van der Waals surface area contributed by atoms with Crippen molar-refractivity contribution in [2.24, 2.45) is 0 Å². The molecular formula is C11H13BrN4O2S. The molecule has 6 nitrogen and oxygen atoms in total. The largest absolute Gasteiger partial charge is 0.396 e. The first-order chi connectivity index (χ1) is 8.97. The average Bonchev–Trinajstić information content (AvgIpc) is 2.75. The number of nitrogens with two attached hydrogens (primary N) is 1. The van der Waals surface area contributed by atoms with Crippen molar-refractivity contribution in [2.75, 3.05) is 12.3 Å². The highest BCUT2D eigenvalue weighted by atomic mass is 79.9. The molecule has 8 heteroatoms. The zero-order valence-corrected chi connectivity index (χ0v) is 12.4. The molecule has 0 bridgehead atoms. The summed E-state index contributed by atoms with van der Waals surface area (Å²) in [6.07, 6.45) is 3.16. The summed E-state index contributed by atoms with van der Waals surface area (Å²) in [6, 6.07) is 6.45. The Balaban J connectivity index is 1.96. The van der Waals surface area contributed by atoms with Crippen LogP contribution in [0.5, 0.6) is 0 Å². The van der Waals surface area contributed by atoms with Gasteiger partial charge in [0.2, 0.25) is 10.0 Å². The average molecular weight is 345 g/mol. The van der Waals surface area contributed by atoms with Crippen LogP contribution >= 0.6 is 15.9 Å². The van der Waals surface area contributed by atoms with Crippen molar-refractivity contribution in [1.82, 2.24) is 14.5 Å². The van der Waals surface area contributed by atoms with Crippen molar-refractivity contribution in [2.45, 2.75) is 11.4 Å². The van der Waals surface area contributed by atoms with E-state index in [1.165, 1.54) is 18.3 Å². The van der Waals surface area contributed by atoms with E-state index in [-0.39, 0.29) is 11.4 Å². The Bertz CT molecular complexity index is 652. The first-order valence-corrected chi connectivity index (χ1v) is 7.78. The molecule has 3 N–H and O–H groups in total. The van der Waals surface area contributed by atoms with E-state index in [2.05, 4.69) is 25.8 Å². The molecule has 0 radical (unpaired) electrons. The summed E-state index contributed by atoms with van der Waals surface area (Å²) in [5, 5.41) is 3.97. The van der Waals surface area contributed by atoms with Crippen molar-refractivity contribution in [3.63, 3.8) is 0 Å². The van der Waals surface area contributed by atoms with Crippen LogP contribution in [0, 0.1) is 0 Å². The molecule has 0 fully saturated rings. The second kappa shape index (κ2) is 5.72. The van der Waals surface area contributed by atoms with Gasteiger partial charge in [-0.2, -0.15) is 5.10 Å². The summed E-state index contributed by atoms with van der Waals surface area (Å²) in [4.78, 5) is 0.232. The predicted molar refractivity (Wildman–Crippen MR) is 76.0 cm³/mol. The van der Waals surface area contributed by atoms with E-state index in [1.54, 1.807) is 23.0 Å². The van der Waals surface area contributed by atoms with Gasteiger partial charge in [-0.25, -0.2) is 13.1 Å². The number of hydrogen-bond donors (Lipinski definition) is 2. The summed E-state index contributed by atoms with van der Waals surface area (Å²) in [7, 11) is -3.48. The predicted octanol–water partition coefficient (Wildman–Crippen LogP) is 1.21. The molecule has 102 valence electrons. The van der Waals surface area contributed by atoms with Crippen molar-refractivity contribution in [1.29, 1.82) is 0 Å². The van der Waals surface area contributed by atoms with Gasteiger partial charge in [-0.05, 0) is 24.3 Å². The van der Waals surface area contributed by atoms with Crippen LogP contribution in [-0.2, 0) is 16.6 Å². The Morgan fingerprint density at radius 1 is 1.32 bits per heavy atom. The Labute approximate surface area is 119 Å². The summed E-state index contributed by atoms with van der Waals surface area (Å²) in [6.45, 7) is 0.673. The zero-order valence-electron chi connectivity index (χ0n) is 9.95. The lowest BCUT2D eigenvalue weighted by molar-refractivity contribution is 0.561. The van der Waals surface area contributed by atoms with Crippen LogP contribution in [0.3, 0.4) is 0 Å². The molecule has 2 aromatic rings. The monoisotopic (exact) mass is 344 g/mol. The van der Waals surface area contributed by atoms with Gasteiger partial charge < -0.3 is 5.73 Å². The molecule has 0 saturated heterocycles. The number of nitrogens with one attached hydrogen (secondary N) is 1. The highest BCUT2D eigenvalue weighted by Gasteiger charge is 2.12. The van der Waals surface area contributed by atoms with Crippen LogP contribution in [0.2, 0.25) is 0 Å². The highest BCUT2D eigenvalue weighted by molar-refractivity contribution is 9.10. The Hall–Kier alpha value is -1.38. The van der Waals surface area contributed by atoms with E-state index < -0.39 is 10.0 Å². The van der Waals surface area contributed by atoms with Crippen LogP contribution in [0.15, 0.2) is 46.0 Å². The van der Waals surface area contributed by atoms with Gasteiger partial charge in [0.15, 0.2) is 0 Å². The maximum atomic E-state index is 12.0. The topological polar surface area (TPSA) is 90.0 Å². The molecule has 19 heavy (non-hydrogen) atoms. The molecule has 0 amide bonds. The third-order valence-corrected chi connectivity index (χ3v) is 4.42. The summed E-state index contributed by atoms with van der Waals surface area (Å²) in [5.74, 6) is 0. The first kappa shape index (κ1) is 14.0. The SMILES string of the molecule is Nc1cnn(CCNS(=O)(=O)c2ccc(Br)cc2)c1. The number of nitrogens with zero attached hydrogens (tertiary/aromatic N) is 2. The van der Waals surface area contributed by atoms with Crippen LogP contribution in [-0.4, -0.2) is 24.7 Å². The van der Waals surface area contributed by atoms with Crippen LogP contribution in [0.1, 0.15) is 0 Å². The van der Waals surface area contributed by atoms with Gasteiger partial charge in [-0.1, -0.05) is 15.9 Å². The van der Waals surface area contributed by atoms with Crippen LogP contribution in [0.25, 0.3) is 0 Å². The summed E-state index contributed by atoms with van der Waals surface area (Å²) < 4.78 is 28.8. The third-order valence-electron chi connectivity index (χ3n) is 2.41. The molecule has 0 saturated carbocycles. The normalized spacial score (nSPS) is 11.6. The molecular weight excluding hydrogens is 332 g/mol.